The Morgan fingerprint density at radius 3 is 2.73 bits per heavy atom. The highest BCUT2D eigenvalue weighted by molar-refractivity contribution is 7.99. The Bertz CT molecular complexity index is 225. The monoisotopic (exact) mass is 231 g/mol. The number of hydrogen-bond acceptors (Lipinski definition) is 4. The summed E-state index contributed by atoms with van der Waals surface area (Å²) in [5.41, 5.74) is 5.62. The van der Waals surface area contributed by atoms with Crippen LogP contribution in [0.3, 0.4) is 0 Å². The number of ether oxygens (including phenoxy) is 1. The van der Waals surface area contributed by atoms with Gasteiger partial charge in [0.15, 0.2) is 0 Å². The average molecular weight is 231 g/mol. The van der Waals surface area contributed by atoms with E-state index in [1.165, 1.54) is 19.3 Å². The van der Waals surface area contributed by atoms with E-state index >= 15 is 0 Å². The molecule has 1 fully saturated rings. The lowest BCUT2D eigenvalue weighted by Crippen LogP contribution is -2.49. The molecular formula is C11H21NO2S. The van der Waals surface area contributed by atoms with E-state index in [0.717, 1.165) is 12.2 Å². The van der Waals surface area contributed by atoms with Gasteiger partial charge in [-0.15, -0.1) is 0 Å². The minimum absolute atomic E-state index is 0.0993. The van der Waals surface area contributed by atoms with Crippen molar-refractivity contribution in [2.75, 3.05) is 18.6 Å². The molecule has 0 bridgehead atoms. The molecule has 15 heavy (non-hydrogen) atoms. The van der Waals surface area contributed by atoms with Crippen molar-refractivity contribution in [3.63, 3.8) is 0 Å². The van der Waals surface area contributed by atoms with Crippen LogP contribution in [0, 0.1) is 11.3 Å². The molecule has 4 heteroatoms. The summed E-state index contributed by atoms with van der Waals surface area (Å²) in [6.07, 6.45) is 2.34. The molecule has 2 N–H and O–H groups in total. The predicted octanol–water partition coefficient (Wildman–Crippen LogP) is 1.66. The van der Waals surface area contributed by atoms with Crippen LogP contribution in [0.15, 0.2) is 0 Å². The number of hydrogen-bond donors (Lipinski definition) is 1. The first kappa shape index (κ1) is 12.8. The summed E-state index contributed by atoms with van der Waals surface area (Å²) in [5, 5.41) is 0. The highest BCUT2D eigenvalue weighted by Crippen LogP contribution is 2.33. The Hall–Kier alpha value is -0.220. The second-order valence-corrected chi connectivity index (χ2v) is 5.87. The zero-order chi connectivity index (χ0) is 11.5. The van der Waals surface area contributed by atoms with Gasteiger partial charge in [-0.2, -0.15) is 11.8 Å². The molecule has 0 aromatic carbocycles. The lowest BCUT2D eigenvalue weighted by molar-refractivity contribution is -0.152. The van der Waals surface area contributed by atoms with Crippen LogP contribution in [0.5, 0.6) is 0 Å². The van der Waals surface area contributed by atoms with Gasteiger partial charge in [-0.3, -0.25) is 4.79 Å². The minimum atomic E-state index is -0.572. The minimum Gasteiger partial charge on any atom is -0.469 e. The standard InChI is InChI=1S/C11H21NO2S/c1-11(2,10(13)14-3)9(12)8-5-4-6-15-7-8/h8-9H,4-7,12H2,1-3H3. The maximum absolute atomic E-state index is 11.6. The van der Waals surface area contributed by atoms with Crippen LogP contribution >= 0.6 is 11.8 Å². The van der Waals surface area contributed by atoms with Crippen LogP contribution in [-0.4, -0.2) is 30.6 Å². The Morgan fingerprint density at radius 1 is 1.60 bits per heavy atom. The largest absolute Gasteiger partial charge is 0.469 e. The predicted molar refractivity (Wildman–Crippen MR) is 63.8 cm³/mol. The number of thioether (sulfide) groups is 1. The van der Waals surface area contributed by atoms with E-state index in [4.69, 9.17) is 10.5 Å². The van der Waals surface area contributed by atoms with E-state index in [1.807, 2.05) is 25.6 Å². The van der Waals surface area contributed by atoms with E-state index in [1.54, 1.807) is 0 Å². The summed E-state index contributed by atoms with van der Waals surface area (Å²) in [4.78, 5) is 11.6. The maximum atomic E-state index is 11.6. The zero-order valence-corrected chi connectivity index (χ0v) is 10.6. The molecule has 1 aliphatic heterocycles. The van der Waals surface area contributed by atoms with Crippen molar-refractivity contribution in [3.05, 3.63) is 0 Å². The Balaban J connectivity index is 2.64. The summed E-state index contributed by atoms with van der Waals surface area (Å²) in [6.45, 7) is 3.76. The molecule has 2 atom stereocenters. The third kappa shape index (κ3) is 2.88. The van der Waals surface area contributed by atoms with Crippen LogP contribution in [0.25, 0.3) is 0 Å². The highest BCUT2D eigenvalue weighted by atomic mass is 32.2. The van der Waals surface area contributed by atoms with Gasteiger partial charge in [0.25, 0.3) is 0 Å². The normalized spacial score (nSPS) is 24.7. The van der Waals surface area contributed by atoms with E-state index in [9.17, 15) is 4.79 Å². The summed E-state index contributed by atoms with van der Waals surface area (Å²) in [7, 11) is 1.42. The van der Waals surface area contributed by atoms with Crippen LogP contribution < -0.4 is 5.73 Å². The molecule has 1 saturated heterocycles. The molecule has 0 saturated carbocycles. The van der Waals surface area contributed by atoms with Gasteiger partial charge in [-0.05, 0) is 44.1 Å². The van der Waals surface area contributed by atoms with Gasteiger partial charge >= 0.3 is 5.97 Å². The second kappa shape index (κ2) is 5.21. The Morgan fingerprint density at radius 2 is 2.27 bits per heavy atom. The number of carbonyl (C=O) groups excluding carboxylic acids is 1. The molecule has 0 amide bonds. The molecule has 1 aliphatic rings. The fourth-order valence-corrected chi connectivity index (χ4v) is 3.25. The van der Waals surface area contributed by atoms with Crippen LogP contribution in [0.1, 0.15) is 26.7 Å². The number of carbonyl (C=O) groups is 1. The molecule has 0 aromatic heterocycles. The SMILES string of the molecule is COC(=O)C(C)(C)C(N)C1CCCSC1. The van der Waals surface area contributed by atoms with Gasteiger partial charge in [0.2, 0.25) is 0 Å². The summed E-state index contributed by atoms with van der Waals surface area (Å²) < 4.78 is 4.80. The van der Waals surface area contributed by atoms with Gasteiger partial charge in [-0.1, -0.05) is 0 Å². The molecule has 0 radical (unpaired) electrons. The van der Waals surface area contributed by atoms with Crippen LogP contribution in [-0.2, 0) is 9.53 Å². The van der Waals surface area contributed by atoms with Crippen molar-refractivity contribution in [3.8, 4) is 0 Å². The molecule has 0 aliphatic carbocycles. The molecule has 0 aromatic rings. The summed E-state index contributed by atoms with van der Waals surface area (Å²) >= 11 is 1.93. The highest BCUT2D eigenvalue weighted by Gasteiger charge is 2.40. The zero-order valence-electron chi connectivity index (χ0n) is 9.79. The van der Waals surface area contributed by atoms with Crippen molar-refractivity contribution in [1.82, 2.24) is 0 Å². The fourth-order valence-electron chi connectivity index (χ4n) is 2.04. The first-order valence-electron chi connectivity index (χ1n) is 5.42. The quantitative estimate of drug-likeness (QED) is 0.751. The van der Waals surface area contributed by atoms with Crippen molar-refractivity contribution < 1.29 is 9.53 Å². The lowest BCUT2D eigenvalue weighted by atomic mass is 9.77. The fraction of sp³-hybridized carbons (Fsp3) is 0.909. The summed E-state index contributed by atoms with van der Waals surface area (Å²) in [5.74, 6) is 2.53. The number of methoxy groups -OCH3 is 1. The second-order valence-electron chi connectivity index (χ2n) is 4.72. The lowest BCUT2D eigenvalue weighted by Gasteiger charge is -2.36. The van der Waals surface area contributed by atoms with Gasteiger partial charge in [-0.25, -0.2) is 0 Å². The topological polar surface area (TPSA) is 52.3 Å². The Kier molecular flexibility index (Phi) is 4.46. The van der Waals surface area contributed by atoms with Gasteiger partial charge in [0.1, 0.15) is 0 Å². The number of nitrogens with two attached hydrogens (primary N) is 1. The van der Waals surface area contributed by atoms with E-state index in [-0.39, 0.29) is 12.0 Å². The smallest absolute Gasteiger partial charge is 0.312 e. The number of rotatable bonds is 3. The maximum Gasteiger partial charge on any atom is 0.312 e. The molecule has 2 unspecified atom stereocenters. The van der Waals surface area contributed by atoms with Crippen LogP contribution in [0.2, 0.25) is 0 Å². The third-order valence-electron chi connectivity index (χ3n) is 3.25. The first-order valence-corrected chi connectivity index (χ1v) is 6.57. The van der Waals surface area contributed by atoms with E-state index in [2.05, 4.69) is 0 Å². The molecule has 1 heterocycles. The van der Waals surface area contributed by atoms with Crippen molar-refractivity contribution in [2.45, 2.75) is 32.7 Å². The van der Waals surface area contributed by atoms with Gasteiger partial charge in [0, 0.05) is 6.04 Å². The first-order chi connectivity index (χ1) is 7.00. The van der Waals surface area contributed by atoms with Crippen LogP contribution in [0.4, 0.5) is 0 Å². The average Bonchev–Trinajstić information content (AvgIpc) is 2.28. The molecule has 3 nitrogen and oxygen atoms in total. The van der Waals surface area contributed by atoms with Gasteiger partial charge in [0.05, 0.1) is 12.5 Å². The number of esters is 1. The summed E-state index contributed by atoms with van der Waals surface area (Å²) in [6, 6.07) is -0.0993. The molecule has 88 valence electrons. The molecule has 1 rings (SSSR count). The molecular weight excluding hydrogens is 210 g/mol. The van der Waals surface area contributed by atoms with Crippen molar-refractivity contribution in [1.29, 1.82) is 0 Å². The van der Waals surface area contributed by atoms with Gasteiger partial charge < -0.3 is 10.5 Å². The third-order valence-corrected chi connectivity index (χ3v) is 4.49. The molecule has 0 spiro atoms. The Labute approximate surface area is 96.1 Å². The van der Waals surface area contributed by atoms with E-state index < -0.39 is 5.41 Å². The van der Waals surface area contributed by atoms with Crippen molar-refractivity contribution >= 4 is 17.7 Å². The van der Waals surface area contributed by atoms with E-state index in [0.29, 0.717) is 5.92 Å². The van der Waals surface area contributed by atoms with Crippen molar-refractivity contribution in [2.24, 2.45) is 17.1 Å².